The van der Waals surface area contributed by atoms with Crippen LogP contribution in [0.4, 0.5) is 0 Å². The molecule has 0 aliphatic carbocycles. The van der Waals surface area contributed by atoms with E-state index < -0.39 is 0 Å². The molecule has 1 aromatic carbocycles. The van der Waals surface area contributed by atoms with Crippen molar-refractivity contribution in [3.63, 3.8) is 0 Å². The number of carbonyl (C=O) groups is 1. The number of hydrogen-bond acceptors (Lipinski definition) is 3. The highest BCUT2D eigenvalue weighted by atomic mass is 16.5. The summed E-state index contributed by atoms with van der Waals surface area (Å²) in [5.41, 5.74) is 1.12. The molecule has 1 aromatic rings. The van der Waals surface area contributed by atoms with Gasteiger partial charge in [0.15, 0.2) is 0 Å². The molecule has 0 N–H and O–H groups in total. The molecule has 0 saturated carbocycles. The topological polar surface area (TPSA) is 35.5 Å². The Morgan fingerprint density at radius 3 is 2.75 bits per heavy atom. The van der Waals surface area contributed by atoms with E-state index in [2.05, 4.69) is 0 Å². The first-order valence-corrected chi connectivity index (χ1v) is 5.54. The average molecular weight is 220 g/mol. The van der Waals surface area contributed by atoms with Crippen molar-refractivity contribution in [2.45, 2.75) is 18.9 Å². The molecule has 0 radical (unpaired) electrons. The summed E-state index contributed by atoms with van der Waals surface area (Å²) in [5, 5.41) is 0. The van der Waals surface area contributed by atoms with Crippen molar-refractivity contribution in [1.82, 2.24) is 0 Å². The third-order valence-electron chi connectivity index (χ3n) is 3.00. The minimum Gasteiger partial charge on any atom is -0.497 e. The zero-order valence-electron chi connectivity index (χ0n) is 9.39. The molecule has 3 nitrogen and oxygen atoms in total. The molecule has 0 aromatic heterocycles. The third kappa shape index (κ3) is 2.42. The van der Waals surface area contributed by atoms with Gasteiger partial charge in [-0.05, 0) is 30.5 Å². The van der Waals surface area contributed by atoms with Gasteiger partial charge in [0.05, 0.1) is 13.2 Å². The van der Waals surface area contributed by atoms with Gasteiger partial charge in [0.2, 0.25) is 0 Å². The van der Waals surface area contributed by atoms with E-state index in [9.17, 15) is 4.79 Å². The van der Waals surface area contributed by atoms with E-state index in [4.69, 9.17) is 9.47 Å². The molecule has 0 bridgehead atoms. The summed E-state index contributed by atoms with van der Waals surface area (Å²) in [5.74, 6) is 0.979. The summed E-state index contributed by atoms with van der Waals surface area (Å²) >= 11 is 0. The highest BCUT2D eigenvalue weighted by Crippen LogP contribution is 2.31. The number of methoxy groups -OCH3 is 1. The fraction of sp³-hybridized carbons (Fsp3) is 0.462. The standard InChI is InChI=1S/C13H16O3/c1-15-12-4-2-11(3-5-12)13-8-10(9-14)6-7-16-13/h2-5,9-10,13H,6-8H2,1H3. The lowest BCUT2D eigenvalue weighted by molar-refractivity contribution is -0.115. The van der Waals surface area contributed by atoms with Crippen LogP contribution in [0.2, 0.25) is 0 Å². The molecule has 1 aliphatic rings. The first kappa shape index (κ1) is 11.1. The van der Waals surface area contributed by atoms with Crippen molar-refractivity contribution in [3.8, 4) is 5.75 Å². The van der Waals surface area contributed by atoms with E-state index >= 15 is 0 Å². The number of rotatable bonds is 3. The van der Waals surface area contributed by atoms with E-state index in [1.54, 1.807) is 7.11 Å². The van der Waals surface area contributed by atoms with Gasteiger partial charge in [0, 0.05) is 12.5 Å². The van der Waals surface area contributed by atoms with Crippen LogP contribution < -0.4 is 4.74 Å². The van der Waals surface area contributed by atoms with Crippen LogP contribution >= 0.6 is 0 Å². The normalized spacial score (nSPS) is 25.1. The predicted molar refractivity (Wildman–Crippen MR) is 60.5 cm³/mol. The zero-order chi connectivity index (χ0) is 11.4. The fourth-order valence-corrected chi connectivity index (χ4v) is 2.00. The van der Waals surface area contributed by atoms with Gasteiger partial charge < -0.3 is 14.3 Å². The number of aldehydes is 1. The molecule has 1 saturated heterocycles. The van der Waals surface area contributed by atoms with Crippen molar-refractivity contribution in [1.29, 1.82) is 0 Å². The quantitative estimate of drug-likeness (QED) is 0.733. The minimum absolute atomic E-state index is 0.0508. The van der Waals surface area contributed by atoms with Crippen LogP contribution in [0.5, 0.6) is 5.75 Å². The molecule has 0 amide bonds. The van der Waals surface area contributed by atoms with Crippen LogP contribution in [0.3, 0.4) is 0 Å². The summed E-state index contributed by atoms with van der Waals surface area (Å²) in [4.78, 5) is 10.8. The maximum atomic E-state index is 10.8. The second-order valence-electron chi connectivity index (χ2n) is 4.05. The van der Waals surface area contributed by atoms with Crippen LogP contribution in [-0.2, 0) is 9.53 Å². The maximum Gasteiger partial charge on any atom is 0.123 e. The minimum atomic E-state index is 0.0508. The number of ether oxygens (including phenoxy) is 2. The lowest BCUT2D eigenvalue weighted by atomic mass is 9.93. The maximum absolute atomic E-state index is 10.8. The monoisotopic (exact) mass is 220 g/mol. The van der Waals surface area contributed by atoms with Gasteiger partial charge in [-0.15, -0.1) is 0 Å². The summed E-state index contributed by atoms with van der Waals surface area (Å²) in [6.07, 6.45) is 2.72. The molecule has 3 heteroatoms. The Balaban J connectivity index is 2.07. The van der Waals surface area contributed by atoms with E-state index in [1.165, 1.54) is 0 Å². The Bertz CT molecular complexity index is 345. The van der Waals surface area contributed by atoms with Crippen molar-refractivity contribution < 1.29 is 14.3 Å². The van der Waals surface area contributed by atoms with Crippen LogP contribution in [0, 0.1) is 5.92 Å². The van der Waals surface area contributed by atoms with E-state index in [0.29, 0.717) is 6.61 Å². The lowest BCUT2D eigenvalue weighted by Gasteiger charge is -2.26. The Morgan fingerprint density at radius 1 is 1.38 bits per heavy atom. The Hall–Kier alpha value is -1.35. The number of hydrogen-bond donors (Lipinski definition) is 0. The van der Waals surface area contributed by atoms with Crippen molar-refractivity contribution in [3.05, 3.63) is 29.8 Å². The second kappa shape index (κ2) is 5.12. The van der Waals surface area contributed by atoms with Crippen molar-refractivity contribution in [2.24, 2.45) is 5.92 Å². The van der Waals surface area contributed by atoms with E-state index in [1.807, 2.05) is 24.3 Å². The van der Waals surface area contributed by atoms with Gasteiger partial charge in [-0.25, -0.2) is 0 Å². The molecule has 1 aliphatic heterocycles. The zero-order valence-corrected chi connectivity index (χ0v) is 9.39. The van der Waals surface area contributed by atoms with Gasteiger partial charge in [-0.1, -0.05) is 12.1 Å². The summed E-state index contributed by atoms with van der Waals surface area (Å²) in [7, 11) is 1.65. The summed E-state index contributed by atoms with van der Waals surface area (Å²) < 4.78 is 10.8. The van der Waals surface area contributed by atoms with Gasteiger partial charge in [0.1, 0.15) is 12.0 Å². The summed E-state index contributed by atoms with van der Waals surface area (Å²) in [6, 6.07) is 7.83. The number of benzene rings is 1. The molecule has 2 rings (SSSR count). The summed E-state index contributed by atoms with van der Waals surface area (Å²) in [6.45, 7) is 0.667. The molecular weight excluding hydrogens is 204 g/mol. The first-order valence-electron chi connectivity index (χ1n) is 5.54. The molecule has 16 heavy (non-hydrogen) atoms. The Labute approximate surface area is 95.4 Å². The lowest BCUT2D eigenvalue weighted by Crippen LogP contribution is -2.20. The molecule has 1 heterocycles. The molecule has 2 atom stereocenters. The van der Waals surface area contributed by atoms with Gasteiger partial charge >= 0.3 is 0 Å². The fourth-order valence-electron chi connectivity index (χ4n) is 2.00. The smallest absolute Gasteiger partial charge is 0.123 e. The van der Waals surface area contributed by atoms with Gasteiger partial charge in [0.25, 0.3) is 0 Å². The van der Waals surface area contributed by atoms with Crippen LogP contribution in [0.25, 0.3) is 0 Å². The average Bonchev–Trinajstić information content (AvgIpc) is 2.39. The first-order chi connectivity index (χ1) is 7.83. The van der Waals surface area contributed by atoms with Gasteiger partial charge in [-0.3, -0.25) is 0 Å². The largest absolute Gasteiger partial charge is 0.497 e. The molecule has 2 unspecified atom stereocenters. The van der Waals surface area contributed by atoms with Crippen molar-refractivity contribution in [2.75, 3.05) is 13.7 Å². The Morgan fingerprint density at radius 2 is 2.12 bits per heavy atom. The predicted octanol–water partition coefficient (Wildman–Crippen LogP) is 2.36. The molecule has 1 fully saturated rings. The van der Waals surface area contributed by atoms with Crippen molar-refractivity contribution >= 4 is 6.29 Å². The van der Waals surface area contributed by atoms with Crippen LogP contribution in [0.1, 0.15) is 24.5 Å². The highest BCUT2D eigenvalue weighted by molar-refractivity contribution is 5.53. The number of carbonyl (C=O) groups excluding carboxylic acids is 1. The van der Waals surface area contributed by atoms with E-state index in [-0.39, 0.29) is 12.0 Å². The van der Waals surface area contributed by atoms with Crippen LogP contribution in [0.15, 0.2) is 24.3 Å². The second-order valence-corrected chi connectivity index (χ2v) is 4.05. The Kier molecular flexibility index (Phi) is 3.57. The van der Waals surface area contributed by atoms with Crippen LogP contribution in [-0.4, -0.2) is 20.0 Å². The third-order valence-corrected chi connectivity index (χ3v) is 3.00. The molecular formula is C13H16O3. The molecule has 86 valence electrons. The van der Waals surface area contributed by atoms with E-state index in [0.717, 1.165) is 30.4 Å². The SMILES string of the molecule is COc1ccc(C2CC(C=O)CCO2)cc1. The van der Waals surface area contributed by atoms with Gasteiger partial charge in [-0.2, -0.15) is 0 Å². The highest BCUT2D eigenvalue weighted by Gasteiger charge is 2.23. The molecule has 0 spiro atoms.